The van der Waals surface area contributed by atoms with Gasteiger partial charge in [0.15, 0.2) is 0 Å². The van der Waals surface area contributed by atoms with E-state index in [-0.39, 0.29) is 0 Å². The molecule has 0 radical (unpaired) electrons. The van der Waals surface area contributed by atoms with E-state index in [1.807, 2.05) is 12.1 Å². The zero-order valence-corrected chi connectivity index (χ0v) is 11.7. The summed E-state index contributed by atoms with van der Waals surface area (Å²) in [6.07, 6.45) is 0. The van der Waals surface area contributed by atoms with Gasteiger partial charge in [0.25, 0.3) is 0 Å². The summed E-state index contributed by atoms with van der Waals surface area (Å²) in [6, 6.07) is 6.09. The lowest BCUT2D eigenvalue weighted by Gasteiger charge is -2.37. The molecule has 5 heteroatoms. The van der Waals surface area contributed by atoms with Crippen molar-refractivity contribution in [3.63, 3.8) is 0 Å². The molecule has 1 fully saturated rings. The Hall–Kier alpha value is -0.970. The molecule has 1 aromatic carbocycles. The number of hydrogen-bond acceptors (Lipinski definition) is 4. The maximum Gasteiger partial charge on any atom is 0.0657 e. The highest BCUT2D eigenvalue weighted by Crippen LogP contribution is 2.24. The fraction of sp³-hybridized carbons (Fsp3) is 0.538. The summed E-state index contributed by atoms with van der Waals surface area (Å²) in [4.78, 5) is 4.75. The van der Waals surface area contributed by atoms with Gasteiger partial charge in [0.05, 0.1) is 10.7 Å². The van der Waals surface area contributed by atoms with Gasteiger partial charge in [-0.1, -0.05) is 11.6 Å². The van der Waals surface area contributed by atoms with Gasteiger partial charge in [0.1, 0.15) is 0 Å². The van der Waals surface area contributed by atoms with Crippen LogP contribution in [0.25, 0.3) is 0 Å². The quantitative estimate of drug-likeness (QED) is 0.817. The standard InChI is InChI=1S/C13H21ClN4/c1-17-5-6-18(2)11(9-17)8-16-13-4-3-10(15)7-12(13)14/h3-4,7,11,16H,5-6,8-9,15H2,1-2H3. The lowest BCUT2D eigenvalue weighted by molar-refractivity contribution is 0.122. The van der Waals surface area contributed by atoms with Gasteiger partial charge < -0.3 is 16.0 Å². The Morgan fingerprint density at radius 1 is 1.39 bits per heavy atom. The van der Waals surface area contributed by atoms with Gasteiger partial charge in [-0.05, 0) is 32.3 Å². The van der Waals surface area contributed by atoms with Crippen LogP contribution in [0.5, 0.6) is 0 Å². The van der Waals surface area contributed by atoms with Crippen molar-refractivity contribution in [1.29, 1.82) is 0 Å². The van der Waals surface area contributed by atoms with Crippen molar-refractivity contribution in [2.75, 3.05) is 51.3 Å². The smallest absolute Gasteiger partial charge is 0.0657 e. The van der Waals surface area contributed by atoms with E-state index in [4.69, 9.17) is 17.3 Å². The normalized spacial score (nSPS) is 22.1. The van der Waals surface area contributed by atoms with Gasteiger partial charge in [0.2, 0.25) is 0 Å². The summed E-state index contributed by atoms with van der Waals surface area (Å²) in [5.41, 5.74) is 7.33. The molecular formula is C13H21ClN4. The van der Waals surface area contributed by atoms with E-state index in [2.05, 4.69) is 29.2 Å². The second-order valence-electron chi connectivity index (χ2n) is 5.02. The molecule has 4 nitrogen and oxygen atoms in total. The maximum atomic E-state index is 6.15. The van der Waals surface area contributed by atoms with Crippen molar-refractivity contribution < 1.29 is 0 Å². The Morgan fingerprint density at radius 3 is 2.89 bits per heavy atom. The van der Waals surface area contributed by atoms with Crippen molar-refractivity contribution in [2.45, 2.75) is 6.04 Å². The number of anilines is 2. The molecule has 3 N–H and O–H groups in total. The minimum atomic E-state index is 0.511. The van der Waals surface area contributed by atoms with E-state index in [9.17, 15) is 0 Å². The summed E-state index contributed by atoms with van der Waals surface area (Å²) < 4.78 is 0. The fourth-order valence-electron chi connectivity index (χ4n) is 2.22. The van der Waals surface area contributed by atoms with Crippen molar-refractivity contribution in [3.8, 4) is 0 Å². The summed E-state index contributed by atoms with van der Waals surface area (Å²) >= 11 is 6.15. The molecule has 0 amide bonds. The molecule has 0 aromatic heterocycles. The van der Waals surface area contributed by atoms with Crippen molar-refractivity contribution in [3.05, 3.63) is 23.2 Å². The fourth-order valence-corrected chi connectivity index (χ4v) is 2.48. The summed E-state index contributed by atoms with van der Waals surface area (Å²) in [7, 11) is 4.33. The summed E-state index contributed by atoms with van der Waals surface area (Å²) in [5.74, 6) is 0. The monoisotopic (exact) mass is 268 g/mol. The van der Waals surface area contributed by atoms with Crippen LogP contribution in [0, 0.1) is 0 Å². The van der Waals surface area contributed by atoms with Gasteiger partial charge in [-0.25, -0.2) is 0 Å². The molecule has 1 saturated heterocycles. The van der Waals surface area contributed by atoms with Crippen LogP contribution in [-0.4, -0.2) is 56.1 Å². The topological polar surface area (TPSA) is 44.5 Å². The Kier molecular flexibility index (Phi) is 4.32. The Balaban J connectivity index is 1.94. The second-order valence-corrected chi connectivity index (χ2v) is 5.42. The molecule has 1 heterocycles. The van der Waals surface area contributed by atoms with E-state index in [0.29, 0.717) is 16.8 Å². The first-order chi connectivity index (χ1) is 8.56. The van der Waals surface area contributed by atoms with Gasteiger partial charge in [0, 0.05) is 37.9 Å². The average molecular weight is 269 g/mol. The molecule has 2 rings (SSSR count). The van der Waals surface area contributed by atoms with E-state index in [1.54, 1.807) is 6.07 Å². The summed E-state index contributed by atoms with van der Waals surface area (Å²) in [5, 5.41) is 4.09. The number of benzene rings is 1. The number of piperazine rings is 1. The molecule has 18 heavy (non-hydrogen) atoms. The van der Waals surface area contributed by atoms with Crippen LogP contribution < -0.4 is 11.1 Å². The minimum absolute atomic E-state index is 0.511. The second kappa shape index (κ2) is 5.78. The first-order valence-corrected chi connectivity index (χ1v) is 6.62. The number of nitrogens with one attached hydrogen (secondary N) is 1. The zero-order valence-electron chi connectivity index (χ0n) is 11.0. The Labute approximate surface area is 114 Å². The zero-order chi connectivity index (χ0) is 13.1. The lowest BCUT2D eigenvalue weighted by Crippen LogP contribution is -2.52. The van der Waals surface area contributed by atoms with Gasteiger partial charge in [-0.2, -0.15) is 0 Å². The molecule has 0 spiro atoms. The maximum absolute atomic E-state index is 6.15. The highest BCUT2D eigenvalue weighted by atomic mass is 35.5. The predicted molar refractivity (Wildman–Crippen MR) is 78.3 cm³/mol. The van der Waals surface area contributed by atoms with Crippen molar-refractivity contribution in [2.24, 2.45) is 0 Å². The van der Waals surface area contributed by atoms with Gasteiger partial charge in [-0.3, -0.25) is 4.90 Å². The first kappa shape index (κ1) is 13.5. The highest BCUT2D eigenvalue weighted by molar-refractivity contribution is 6.33. The number of halogens is 1. The van der Waals surface area contributed by atoms with Gasteiger partial charge >= 0.3 is 0 Å². The van der Waals surface area contributed by atoms with Crippen LogP contribution in [0.15, 0.2) is 18.2 Å². The minimum Gasteiger partial charge on any atom is -0.399 e. The molecule has 0 saturated carbocycles. The van der Waals surface area contributed by atoms with Crippen molar-refractivity contribution >= 4 is 23.0 Å². The lowest BCUT2D eigenvalue weighted by atomic mass is 10.2. The third-order valence-electron chi connectivity index (χ3n) is 3.50. The molecular weight excluding hydrogens is 248 g/mol. The SMILES string of the molecule is CN1CCN(C)C(CNc2ccc(N)cc2Cl)C1. The number of nitrogens with zero attached hydrogens (tertiary/aromatic N) is 2. The predicted octanol–water partition coefficient (Wildman–Crippen LogP) is 1.58. The number of nitrogens with two attached hydrogens (primary N) is 1. The molecule has 100 valence electrons. The number of nitrogen functional groups attached to an aromatic ring is 1. The summed E-state index contributed by atoms with van der Waals surface area (Å²) in [6.45, 7) is 4.22. The Morgan fingerprint density at radius 2 is 2.17 bits per heavy atom. The van der Waals surface area contributed by atoms with Crippen LogP contribution in [0.2, 0.25) is 5.02 Å². The molecule has 1 unspecified atom stereocenters. The molecule has 0 bridgehead atoms. The van der Waals surface area contributed by atoms with E-state index in [0.717, 1.165) is 31.9 Å². The largest absolute Gasteiger partial charge is 0.399 e. The van der Waals surface area contributed by atoms with E-state index >= 15 is 0 Å². The molecule has 1 aromatic rings. The number of hydrogen-bond donors (Lipinski definition) is 2. The van der Waals surface area contributed by atoms with E-state index < -0.39 is 0 Å². The third-order valence-corrected chi connectivity index (χ3v) is 3.81. The molecule has 0 aliphatic carbocycles. The van der Waals surface area contributed by atoms with Crippen molar-refractivity contribution in [1.82, 2.24) is 9.80 Å². The average Bonchev–Trinajstić information content (AvgIpc) is 2.32. The van der Waals surface area contributed by atoms with Crippen LogP contribution >= 0.6 is 11.6 Å². The molecule has 1 aliphatic rings. The van der Waals surface area contributed by atoms with Crippen LogP contribution in [0.3, 0.4) is 0 Å². The molecule has 1 aliphatic heterocycles. The molecule has 1 atom stereocenters. The first-order valence-electron chi connectivity index (χ1n) is 6.24. The van der Waals surface area contributed by atoms with Gasteiger partial charge in [-0.15, -0.1) is 0 Å². The number of likely N-dealkylation sites (N-methyl/N-ethyl adjacent to an activating group) is 2. The van der Waals surface area contributed by atoms with Crippen LogP contribution in [0.4, 0.5) is 11.4 Å². The van der Waals surface area contributed by atoms with Crippen LogP contribution in [-0.2, 0) is 0 Å². The van der Waals surface area contributed by atoms with Crippen LogP contribution in [0.1, 0.15) is 0 Å². The number of rotatable bonds is 3. The Bertz CT molecular complexity index is 410. The highest BCUT2D eigenvalue weighted by Gasteiger charge is 2.21. The van der Waals surface area contributed by atoms with E-state index in [1.165, 1.54) is 0 Å². The third kappa shape index (κ3) is 3.28.